The largest absolute Gasteiger partial charge is 0.317 e. The minimum Gasteiger partial charge on any atom is -0.317 e. The van der Waals surface area contributed by atoms with Crippen molar-refractivity contribution in [1.29, 1.82) is 0 Å². The average Bonchev–Trinajstić information content (AvgIpc) is 2.05. The fourth-order valence-corrected chi connectivity index (χ4v) is 0.728. The first kappa shape index (κ1) is 6.96. The van der Waals surface area contributed by atoms with Crippen LogP contribution in [-0.4, -0.2) is 6.29 Å². The van der Waals surface area contributed by atoms with Crippen molar-refractivity contribution in [3.8, 4) is 0 Å². The van der Waals surface area contributed by atoms with Gasteiger partial charge in [-0.15, -0.1) is 0 Å². The zero-order valence-corrected chi connectivity index (χ0v) is 5.45. The van der Waals surface area contributed by atoms with E-state index in [0.29, 0.717) is 0 Å². The predicted molar refractivity (Wildman–Crippen MR) is 39.1 cm³/mol. The Hall–Kier alpha value is -1.15. The van der Waals surface area contributed by atoms with Crippen molar-refractivity contribution in [2.24, 2.45) is 5.73 Å². The maximum atomic E-state index is 10.1. The van der Waals surface area contributed by atoms with Gasteiger partial charge in [-0.25, -0.2) is 0 Å². The van der Waals surface area contributed by atoms with Crippen LogP contribution in [0.25, 0.3) is 0 Å². The maximum Gasteiger partial charge on any atom is 0.221 e. The Morgan fingerprint density at radius 3 is 2.40 bits per heavy atom. The van der Waals surface area contributed by atoms with Gasteiger partial charge in [-0.05, 0) is 5.56 Å². The summed E-state index contributed by atoms with van der Waals surface area (Å²) in [4.78, 5) is 10.1. The highest BCUT2D eigenvalue weighted by Gasteiger charge is 2.01. The van der Waals surface area contributed by atoms with E-state index >= 15 is 0 Å². The van der Waals surface area contributed by atoms with E-state index in [0.717, 1.165) is 5.56 Å². The highest BCUT2D eigenvalue weighted by Crippen LogP contribution is 2.05. The van der Waals surface area contributed by atoms with E-state index in [1.165, 1.54) is 0 Å². The number of rotatable bonds is 2. The Morgan fingerprint density at radius 2 is 1.90 bits per heavy atom. The molecule has 0 bridgehead atoms. The van der Waals surface area contributed by atoms with Crippen LogP contribution in [0.3, 0.4) is 0 Å². The lowest BCUT2D eigenvalue weighted by Crippen LogP contribution is -2.10. The zero-order valence-electron chi connectivity index (χ0n) is 5.45. The van der Waals surface area contributed by atoms with Gasteiger partial charge in [0.25, 0.3) is 0 Å². The second kappa shape index (κ2) is 3.13. The van der Waals surface area contributed by atoms with Crippen LogP contribution in [0, 0.1) is 0 Å². The fraction of sp³-hybridized carbons (Fsp3) is 0.125. The molecule has 0 heterocycles. The molecule has 0 unspecified atom stereocenters. The summed E-state index contributed by atoms with van der Waals surface area (Å²) < 4.78 is 0. The van der Waals surface area contributed by atoms with Crippen molar-refractivity contribution >= 4 is 6.29 Å². The van der Waals surface area contributed by atoms with Crippen LogP contribution in [0.4, 0.5) is 0 Å². The van der Waals surface area contributed by atoms with E-state index in [9.17, 15) is 4.79 Å². The van der Waals surface area contributed by atoms with E-state index in [-0.39, 0.29) is 0 Å². The third-order valence-corrected chi connectivity index (χ3v) is 1.29. The molecule has 0 fully saturated rings. The molecule has 1 radical (unpaired) electrons. The molecule has 2 N–H and O–H groups in total. The van der Waals surface area contributed by atoms with Crippen LogP contribution >= 0.6 is 0 Å². The standard InChI is InChI=1S/C8H8NO/c9-8(6-10)7-4-2-1-3-5-7/h1-5,8H,9H2/t8-/m1/s1. The van der Waals surface area contributed by atoms with Gasteiger partial charge in [0.05, 0.1) is 6.04 Å². The van der Waals surface area contributed by atoms with Crippen molar-refractivity contribution < 1.29 is 4.79 Å². The van der Waals surface area contributed by atoms with E-state index < -0.39 is 6.04 Å². The van der Waals surface area contributed by atoms with Crippen LogP contribution in [-0.2, 0) is 4.79 Å². The Balaban J connectivity index is 2.84. The Labute approximate surface area is 59.7 Å². The molecule has 10 heavy (non-hydrogen) atoms. The van der Waals surface area contributed by atoms with Crippen molar-refractivity contribution in [1.82, 2.24) is 0 Å². The van der Waals surface area contributed by atoms with E-state index in [4.69, 9.17) is 5.73 Å². The zero-order chi connectivity index (χ0) is 7.40. The first-order chi connectivity index (χ1) is 4.84. The van der Waals surface area contributed by atoms with Crippen molar-refractivity contribution in [3.05, 3.63) is 35.9 Å². The molecule has 0 amide bonds. The smallest absolute Gasteiger partial charge is 0.221 e. The molecule has 0 aliphatic carbocycles. The van der Waals surface area contributed by atoms with Crippen LogP contribution < -0.4 is 5.73 Å². The van der Waals surface area contributed by atoms with Gasteiger partial charge in [0.15, 0.2) is 0 Å². The summed E-state index contributed by atoms with van der Waals surface area (Å²) in [5.41, 5.74) is 6.17. The molecule has 0 aromatic heterocycles. The fourth-order valence-electron chi connectivity index (χ4n) is 0.728. The van der Waals surface area contributed by atoms with Gasteiger partial charge in [0, 0.05) is 0 Å². The Kier molecular flexibility index (Phi) is 2.18. The van der Waals surface area contributed by atoms with Crippen molar-refractivity contribution in [2.45, 2.75) is 6.04 Å². The Morgan fingerprint density at radius 1 is 1.30 bits per heavy atom. The monoisotopic (exact) mass is 134 g/mol. The first-order valence-corrected chi connectivity index (χ1v) is 3.03. The van der Waals surface area contributed by atoms with Gasteiger partial charge < -0.3 is 5.73 Å². The van der Waals surface area contributed by atoms with Gasteiger partial charge in [-0.1, -0.05) is 30.3 Å². The lowest BCUT2D eigenvalue weighted by atomic mass is 10.1. The van der Waals surface area contributed by atoms with E-state index in [1.54, 1.807) is 18.4 Å². The van der Waals surface area contributed by atoms with Gasteiger partial charge >= 0.3 is 0 Å². The van der Waals surface area contributed by atoms with Crippen LogP contribution in [0.5, 0.6) is 0 Å². The molecule has 1 atom stereocenters. The molecule has 0 spiro atoms. The predicted octanol–water partition coefficient (Wildman–Crippen LogP) is 0.796. The molecule has 51 valence electrons. The second-order valence-electron chi connectivity index (χ2n) is 2.01. The molecule has 0 saturated heterocycles. The Bertz CT molecular complexity index is 208. The molecule has 0 aliphatic rings. The van der Waals surface area contributed by atoms with Crippen LogP contribution in [0.2, 0.25) is 0 Å². The van der Waals surface area contributed by atoms with Crippen LogP contribution in [0.1, 0.15) is 11.6 Å². The summed E-state index contributed by atoms with van der Waals surface area (Å²) in [6, 6.07) is 8.56. The van der Waals surface area contributed by atoms with Gasteiger partial charge in [-0.2, -0.15) is 0 Å². The summed E-state index contributed by atoms with van der Waals surface area (Å²) in [5.74, 6) is 0. The summed E-state index contributed by atoms with van der Waals surface area (Å²) in [7, 11) is 0. The van der Waals surface area contributed by atoms with Crippen LogP contribution in [0.15, 0.2) is 30.3 Å². The lowest BCUT2D eigenvalue weighted by Gasteiger charge is -1.99. The highest BCUT2D eigenvalue weighted by atomic mass is 16.1. The van der Waals surface area contributed by atoms with E-state index in [2.05, 4.69) is 0 Å². The second-order valence-corrected chi connectivity index (χ2v) is 2.01. The minimum atomic E-state index is -0.596. The number of carbonyl (C=O) groups excluding carboxylic acids is 1. The summed E-state index contributed by atoms with van der Waals surface area (Å²) in [6.45, 7) is 0. The molecule has 2 nitrogen and oxygen atoms in total. The molecular formula is C8H8NO. The molecule has 2 heteroatoms. The SMILES string of the molecule is N[C@H]([C]=O)c1ccccc1. The molecule has 1 aromatic carbocycles. The van der Waals surface area contributed by atoms with Crippen molar-refractivity contribution in [2.75, 3.05) is 0 Å². The lowest BCUT2D eigenvalue weighted by molar-refractivity contribution is 0.544. The summed E-state index contributed by atoms with van der Waals surface area (Å²) in [6.07, 6.45) is 1.71. The maximum absolute atomic E-state index is 10.1. The molecule has 1 aromatic rings. The molecular weight excluding hydrogens is 126 g/mol. The third kappa shape index (κ3) is 1.42. The van der Waals surface area contributed by atoms with E-state index in [1.807, 2.05) is 18.2 Å². The van der Waals surface area contributed by atoms with Gasteiger partial charge in [0.2, 0.25) is 6.29 Å². The minimum absolute atomic E-state index is 0.596. The molecule has 1 rings (SSSR count). The normalized spacial score (nSPS) is 12.5. The summed E-state index contributed by atoms with van der Waals surface area (Å²) in [5, 5.41) is 0. The number of nitrogens with two attached hydrogens (primary N) is 1. The van der Waals surface area contributed by atoms with Gasteiger partial charge in [0.1, 0.15) is 0 Å². The van der Waals surface area contributed by atoms with Crippen molar-refractivity contribution in [3.63, 3.8) is 0 Å². The molecule has 0 saturated carbocycles. The summed E-state index contributed by atoms with van der Waals surface area (Å²) >= 11 is 0. The topological polar surface area (TPSA) is 43.1 Å². The number of benzene rings is 1. The molecule has 0 aliphatic heterocycles. The number of hydrogen-bond donors (Lipinski definition) is 1. The number of hydrogen-bond acceptors (Lipinski definition) is 2. The van der Waals surface area contributed by atoms with Gasteiger partial charge in [-0.3, -0.25) is 4.79 Å². The average molecular weight is 134 g/mol. The highest BCUT2D eigenvalue weighted by molar-refractivity contribution is 5.61. The first-order valence-electron chi connectivity index (χ1n) is 3.03. The quantitative estimate of drug-likeness (QED) is 0.650. The third-order valence-electron chi connectivity index (χ3n) is 1.29.